The van der Waals surface area contributed by atoms with Crippen molar-refractivity contribution in [3.8, 4) is 6.07 Å². The van der Waals surface area contributed by atoms with E-state index in [4.69, 9.17) is 5.26 Å². The zero-order chi connectivity index (χ0) is 16.1. The summed E-state index contributed by atoms with van der Waals surface area (Å²) < 4.78 is 2.90. The molecule has 1 N–H and O–H groups in total. The number of hydrogen-bond donors (Lipinski definition) is 1. The van der Waals surface area contributed by atoms with Crippen LogP contribution in [-0.2, 0) is 13.0 Å². The highest BCUT2D eigenvalue weighted by atomic mass is 79.9. The van der Waals surface area contributed by atoms with Crippen LogP contribution in [0.1, 0.15) is 11.3 Å². The number of aryl methyl sites for hydroxylation is 2. The number of nitriles is 1. The number of rotatable bonds is 5. The van der Waals surface area contributed by atoms with Crippen molar-refractivity contribution in [1.29, 1.82) is 5.26 Å². The van der Waals surface area contributed by atoms with E-state index < -0.39 is 0 Å². The highest BCUT2D eigenvalue weighted by Crippen LogP contribution is 2.16. The Hall–Kier alpha value is -2.65. The molecule has 2 aromatic heterocycles. The Kier molecular flexibility index (Phi) is 4.69. The van der Waals surface area contributed by atoms with Crippen LogP contribution >= 0.6 is 15.9 Å². The quantitative estimate of drug-likeness (QED) is 0.742. The minimum absolute atomic E-state index is 0.400. The molecule has 0 bridgehead atoms. The van der Waals surface area contributed by atoms with E-state index in [0.717, 1.165) is 23.1 Å². The number of hydrogen-bond acceptors (Lipinski definition) is 4. The Balaban J connectivity index is 1.61. The summed E-state index contributed by atoms with van der Waals surface area (Å²) in [7, 11) is 0. The van der Waals surface area contributed by atoms with Crippen LogP contribution in [0.15, 0.2) is 59.3 Å². The van der Waals surface area contributed by atoms with Crippen LogP contribution in [0.2, 0.25) is 0 Å². The van der Waals surface area contributed by atoms with Crippen molar-refractivity contribution in [2.24, 2.45) is 0 Å². The van der Waals surface area contributed by atoms with Gasteiger partial charge in [0.1, 0.15) is 17.6 Å². The van der Waals surface area contributed by atoms with Gasteiger partial charge in [0.05, 0.1) is 10.7 Å². The molecule has 2 heterocycles. The van der Waals surface area contributed by atoms with Crippen molar-refractivity contribution in [2.75, 3.05) is 5.32 Å². The standard InChI is InChI=1S/C17H14BrN5/c18-14-11-20-23(12-14)9-8-13-4-6-15(7-5-13)21-17-3-1-2-16(10-19)22-17/h1-7,11-12H,8-9H2,(H,21,22). The third-order valence-electron chi connectivity index (χ3n) is 3.32. The molecule has 0 atom stereocenters. The average molecular weight is 368 g/mol. The number of aromatic nitrogens is 3. The van der Waals surface area contributed by atoms with Gasteiger partial charge in [0.15, 0.2) is 0 Å². The van der Waals surface area contributed by atoms with E-state index in [1.54, 1.807) is 12.3 Å². The van der Waals surface area contributed by atoms with Gasteiger partial charge >= 0.3 is 0 Å². The molecule has 0 saturated carbocycles. The van der Waals surface area contributed by atoms with Gasteiger partial charge in [-0.2, -0.15) is 10.4 Å². The van der Waals surface area contributed by atoms with Crippen molar-refractivity contribution in [3.63, 3.8) is 0 Å². The predicted octanol–water partition coefficient (Wildman–Crippen LogP) is 3.90. The van der Waals surface area contributed by atoms with Crippen LogP contribution in [0.25, 0.3) is 0 Å². The summed E-state index contributed by atoms with van der Waals surface area (Å²) in [6.07, 6.45) is 4.66. The Bertz CT molecular complexity index is 833. The van der Waals surface area contributed by atoms with Gasteiger partial charge in [0, 0.05) is 18.4 Å². The second-order valence-electron chi connectivity index (χ2n) is 5.01. The third-order valence-corrected chi connectivity index (χ3v) is 3.73. The van der Waals surface area contributed by atoms with Gasteiger partial charge in [-0.1, -0.05) is 18.2 Å². The zero-order valence-corrected chi connectivity index (χ0v) is 13.9. The molecule has 114 valence electrons. The summed E-state index contributed by atoms with van der Waals surface area (Å²) in [5, 5.41) is 16.3. The molecule has 3 aromatic rings. The van der Waals surface area contributed by atoms with Crippen molar-refractivity contribution < 1.29 is 0 Å². The maximum atomic E-state index is 8.87. The smallest absolute Gasteiger partial charge is 0.142 e. The molecule has 1 aromatic carbocycles. The van der Waals surface area contributed by atoms with E-state index in [2.05, 4.69) is 43.5 Å². The molecule has 3 rings (SSSR count). The fourth-order valence-corrected chi connectivity index (χ4v) is 2.50. The maximum absolute atomic E-state index is 8.87. The van der Waals surface area contributed by atoms with Crippen molar-refractivity contribution in [1.82, 2.24) is 14.8 Å². The van der Waals surface area contributed by atoms with Gasteiger partial charge in [-0.05, 0) is 52.2 Å². The molecule has 0 radical (unpaired) electrons. The molecule has 0 saturated heterocycles. The highest BCUT2D eigenvalue weighted by Gasteiger charge is 2.00. The first-order valence-corrected chi connectivity index (χ1v) is 7.93. The van der Waals surface area contributed by atoms with Gasteiger partial charge in [-0.15, -0.1) is 0 Å². The largest absolute Gasteiger partial charge is 0.340 e. The van der Waals surface area contributed by atoms with Crippen LogP contribution < -0.4 is 5.32 Å². The van der Waals surface area contributed by atoms with Crippen molar-refractivity contribution in [2.45, 2.75) is 13.0 Å². The minimum Gasteiger partial charge on any atom is -0.340 e. The number of anilines is 2. The monoisotopic (exact) mass is 367 g/mol. The lowest BCUT2D eigenvalue weighted by molar-refractivity contribution is 0.614. The molecular formula is C17H14BrN5. The summed E-state index contributed by atoms with van der Waals surface area (Å²) in [5.74, 6) is 0.665. The summed E-state index contributed by atoms with van der Waals surface area (Å²) in [5.41, 5.74) is 2.58. The zero-order valence-electron chi connectivity index (χ0n) is 12.3. The van der Waals surface area contributed by atoms with E-state index in [0.29, 0.717) is 11.5 Å². The van der Waals surface area contributed by atoms with Gasteiger partial charge < -0.3 is 5.32 Å². The van der Waals surface area contributed by atoms with Crippen LogP contribution in [0.3, 0.4) is 0 Å². The fourth-order valence-electron chi connectivity index (χ4n) is 2.17. The number of benzene rings is 1. The first-order chi connectivity index (χ1) is 11.2. The molecular weight excluding hydrogens is 354 g/mol. The third kappa shape index (κ3) is 4.18. The Morgan fingerprint density at radius 3 is 2.70 bits per heavy atom. The molecule has 5 nitrogen and oxygen atoms in total. The SMILES string of the molecule is N#Cc1cccc(Nc2ccc(CCn3cc(Br)cn3)cc2)n1. The van der Waals surface area contributed by atoms with Crippen LogP contribution in [0.5, 0.6) is 0 Å². The van der Waals surface area contributed by atoms with Crippen molar-refractivity contribution >= 4 is 27.4 Å². The van der Waals surface area contributed by atoms with Crippen LogP contribution in [0.4, 0.5) is 11.5 Å². The van der Waals surface area contributed by atoms with Crippen LogP contribution in [0, 0.1) is 11.3 Å². The summed E-state index contributed by atoms with van der Waals surface area (Å²) in [6, 6.07) is 15.5. The van der Waals surface area contributed by atoms with Gasteiger partial charge in [0.25, 0.3) is 0 Å². The Morgan fingerprint density at radius 2 is 2.00 bits per heavy atom. The van der Waals surface area contributed by atoms with Crippen molar-refractivity contribution in [3.05, 3.63) is 70.6 Å². The number of pyridine rings is 1. The number of nitrogens with one attached hydrogen (secondary N) is 1. The molecule has 0 aliphatic heterocycles. The lowest BCUT2D eigenvalue weighted by Gasteiger charge is -2.07. The summed E-state index contributed by atoms with van der Waals surface area (Å²) in [4.78, 5) is 4.20. The second-order valence-corrected chi connectivity index (χ2v) is 5.93. The molecule has 0 unspecified atom stereocenters. The normalized spacial score (nSPS) is 10.3. The minimum atomic E-state index is 0.400. The van der Waals surface area contributed by atoms with Gasteiger partial charge in [-0.3, -0.25) is 4.68 Å². The molecule has 23 heavy (non-hydrogen) atoms. The first kappa shape index (κ1) is 15.3. The summed E-state index contributed by atoms with van der Waals surface area (Å²) >= 11 is 3.39. The van der Waals surface area contributed by atoms with E-state index in [1.807, 2.05) is 41.2 Å². The second kappa shape index (κ2) is 7.07. The van der Waals surface area contributed by atoms with E-state index in [9.17, 15) is 0 Å². The van der Waals surface area contributed by atoms with E-state index >= 15 is 0 Å². The first-order valence-electron chi connectivity index (χ1n) is 7.14. The fraction of sp³-hybridized carbons (Fsp3) is 0.118. The van der Waals surface area contributed by atoms with Crippen LogP contribution in [-0.4, -0.2) is 14.8 Å². The summed E-state index contributed by atoms with van der Waals surface area (Å²) in [6.45, 7) is 0.837. The highest BCUT2D eigenvalue weighted by molar-refractivity contribution is 9.10. The van der Waals surface area contributed by atoms with E-state index in [1.165, 1.54) is 5.56 Å². The Morgan fingerprint density at radius 1 is 1.17 bits per heavy atom. The topological polar surface area (TPSA) is 66.5 Å². The molecule has 6 heteroatoms. The number of nitrogens with zero attached hydrogens (tertiary/aromatic N) is 4. The van der Waals surface area contributed by atoms with Gasteiger partial charge in [-0.25, -0.2) is 4.98 Å². The lowest BCUT2D eigenvalue weighted by Crippen LogP contribution is -2.01. The maximum Gasteiger partial charge on any atom is 0.142 e. The van der Waals surface area contributed by atoms with E-state index in [-0.39, 0.29) is 0 Å². The average Bonchev–Trinajstić information content (AvgIpc) is 3.00. The molecule has 0 amide bonds. The Labute approximate surface area is 142 Å². The van der Waals surface area contributed by atoms with Gasteiger partial charge in [0.2, 0.25) is 0 Å². The molecule has 0 spiro atoms. The number of halogens is 1. The molecule has 0 aliphatic rings. The lowest BCUT2D eigenvalue weighted by atomic mass is 10.1. The molecule has 0 aliphatic carbocycles. The molecule has 0 fully saturated rings. The predicted molar refractivity (Wildman–Crippen MR) is 92.3 cm³/mol.